The Labute approximate surface area is 150 Å². The number of carboxylic acid groups (broad SMARTS) is 2. The van der Waals surface area contributed by atoms with Crippen LogP contribution in [-0.2, 0) is 14.3 Å². The molecule has 0 aromatic carbocycles. The van der Waals surface area contributed by atoms with Crippen molar-refractivity contribution in [2.75, 3.05) is 13.2 Å². The number of carboxylic acids is 2. The molecular weight excluding hydrogens is 326 g/mol. The number of aliphatic carboxylic acids is 2. The van der Waals surface area contributed by atoms with Crippen molar-refractivity contribution in [3.05, 3.63) is 12.2 Å². The summed E-state index contributed by atoms with van der Waals surface area (Å²) in [5.74, 6) is -2.51. The predicted molar refractivity (Wildman–Crippen MR) is 95.6 cm³/mol. The van der Waals surface area contributed by atoms with Crippen LogP contribution < -0.4 is 5.32 Å². The predicted octanol–water partition coefficient (Wildman–Crippen LogP) is 2.19. The number of rotatable bonds is 8. The Morgan fingerprint density at radius 1 is 1.04 bits per heavy atom. The fourth-order valence-corrected chi connectivity index (χ4v) is 2.41. The second-order valence-corrected chi connectivity index (χ2v) is 6.53. The Kier molecular flexibility index (Phi) is 14.0. The molecule has 25 heavy (non-hydrogen) atoms. The summed E-state index contributed by atoms with van der Waals surface area (Å²) < 4.78 is 5.82. The molecule has 0 radical (unpaired) electrons. The fourth-order valence-electron chi connectivity index (χ4n) is 2.41. The van der Waals surface area contributed by atoms with Gasteiger partial charge in [-0.15, -0.1) is 0 Å². The third kappa shape index (κ3) is 17.2. The van der Waals surface area contributed by atoms with E-state index in [1.54, 1.807) is 0 Å². The van der Waals surface area contributed by atoms with Gasteiger partial charge in [0.2, 0.25) is 0 Å². The van der Waals surface area contributed by atoms with Crippen LogP contribution in [0.4, 0.5) is 0 Å². The van der Waals surface area contributed by atoms with Gasteiger partial charge in [-0.05, 0) is 12.8 Å². The molecule has 0 saturated heterocycles. The normalized spacial score (nSPS) is 17.4. The summed E-state index contributed by atoms with van der Waals surface area (Å²) in [6.45, 7) is 5.28. The van der Waals surface area contributed by atoms with Crippen LogP contribution in [0.3, 0.4) is 0 Å². The summed E-state index contributed by atoms with van der Waals surface area (Å²) in [6.07, 6.45) is 10.1. The van der Waals surface area contributed by atoms with Gasteiger partial charge < -0.3 is 25.4 Å². The zero-order valence-electron chi connectivity index (χ0n) is 15.3. The Morgan fingerprint density at radius 3 is 1.96 bits per heavy atom. The van der Waals surface area contributed by atoms with Crippen LogP contribution in [0.25, 0.3) is 0 Å². The highest BCUT2D eigenvalue weighted by molar-refractivity contribution is 5.89. The first-order chi connectivity index (χ1) is 11.8. The molecule has 7 nitrogen and oxygen atoms in total. The SMILES string of the molecule is CC(C)NCC(O)COC1CCCCCCC1.O=C(O)/C=C/C(=O)O. The highest BCUT2D eigenvalue weighted by Gasteiger charge is 2.13. The van der Waals surface area contributed by atoms with Crippen molar-refractivity contribution in [2.45, 2.75) is 77.0 Å². The van der Waals surface area contributed by atoms with Crippen LogP contribution in [0.1, 0.15) is 58.8 Å². The summed E-state index contributed by atoms with van der Waals surface area (Å²) in [4.78, 5) is 19.1. The standard InChI is InChI=1S/C14H29NO2.C4H4O4/c1-12(2)15-10-13(16)11-17-14-8-6-4-3-5-7-9-14;5-3(6)1-2-4(7)8/h12-16H,3-11H2,1-2H3;1-2H,(H,5,6)(H,7,8)/b;2-1+. The molecule has 1 atom stereocenters. The van der Waals surface area contributed by atoms with Gasteiger partial charge in [0.05, 0.1) is 18.8 Å². The maximum Gasteiger partial charge on any atom is 0.328 e. The molecule has 1 rings (SSSR count). The number of hydrogen-bond donors (Lipinski definition) is 4. The summed E-state index contributed by atoms with van der Waals surface area (Å²) in [6, 6.07) is 0.422. The Bertz CT molecular complexity index is 373. The highest BCUT2D eigenvalue weighted by atomic mass is 16.5. The molecule has 1 saturated carbocycles. The smallest absolute Gasteiger partial charge is 0.328 e. The third-order valence-electron chi connectivity index (χ3n) is 3.71. The van der Waals surface area contributed by atoms with Crippen molar-refractivity contribution < 1.29 is 29.6 Å². The Hall–Kier alpha value is -1.44. The second kappa shape index (κ2) is 14.9. The van der Waals surface area contributed by atoms with Crippen molar-refractivity contribution in [2.24, 2.45) is 0 Å². The summed E-state index contributed by atoms with van der Waals surface area (Å²) in [5.41, 5.74) is 0. The number of aliphatic hydroxyl groups is 1. The maximum atomic E-state index is 9.77. The van der Waals surface area contributed by atoms with Crippen LogP contribution in [0, 0.1) is 0 Å². The van der Waals surface area contributed by atoms with Crippen molar-refractivity contribution >= 4 is 11.9 Å². The zero-order valence-corrected chi connectivity index (χ0v) is 15.3. The van der Waals surface area contributed by atoms with Crippen LogP contribution in [-0.4, -0.2) is 58.7 Å². The number of nitrogens with one attached hydrogen (secondary N) is 1. The first kappa shape index (κ1) is 23.6. The van der Waals surface area contributed by atoms with E-state index in [-0.39, 0.29) is 6.10 Å². The molecule has 0 bridgehead atoms. The molecule has 146 valence electrons. The zero-order chi connectivity index (χ0) is 19.1. The third-order valence-corrected chi connectivity index (χ3v) is 3.71. The number of ether oxygens (including phenoxy) is 1. The minimum Gasteiger partial charge on any atom is -0.478 e. The van der Waals surface area contributed by atoms with Crippen LogP contribution in [0.2, 0.25) is 0 Å². The van der Waals surface area contributed by atoms with E-state index in [1.165, 1.54) is 44.9 Å². The molecule has 1 fully saturated rings. The minimum atomic E-state index is -1.26. The molecule has 4 N–H and O–H groups in total. The molecule has 0 heterocycles. The van der Waals surface area contributed by atoms with E-state index in [2.05, 4.69) is 19.2 Å². The second-order valence-electron chi connectivity index (χ2n) is 6.53. The summed E-state index contributed by atoms with van der Waals surface area (Å²) >= 11 is 0. The summed E-state index contributed by atoms with van der Waals surface area (Å²) in [5, 5.41) is 28.6. The molecule has 1 aliphatic rings. The van der Waals surface area contributed by atoms with E-state index in [0.717, 1.165) is 0 Å². The summed E-state index contributed by atoms with van der Waals surface area (Å²) in [7, 11) is 0. The van der Waals surface area contributed by atoms with Gasteiger partial charge in [0.1, 0.15) is 0 Å². The van der Waals surface area contributed by atoms with Crippen molar-refractivity contribution in [1.29, 1.82) is 0 Å². The number of carbonyl (C=O) groups is 2. The Balaban J connectivity index is 0.000000609. The van der Waals surface area contributed by atoms with Crippen LogP contribution >= 0.6 is 0 Å². The van der Waals surface area contributed by atoms with E-state index in [9.17, 15) is 14.7 Å². The lowest BCUT2D eigenvalue weighted by Crippen LogP contribution is -2.35. The van der Waals surface area contributed by atoms with Crippen molar-refractivity contribution in [3.63, 3.8) is 0 Å². The van der Waals surface area contributed by atoms with Gasteiger partial charge in [0, 0.05) is 24.7 Å². The van der Waals surface area contributed by atoms with Crippen LogP contribution in [0.15, 0.2) is 12.2 Å². The van der Waals surface area contributed by atoms with Gasteiger partial charge in [0.15, 0.2) is 0 Å². The first-order valence-corrected chi connectivity index (χ1v) is 8.98. The van der Waals surface area contributed by atoms with Crippen LogP contribution in [0.5, 0.6) is 0 Å². The van der Waals surface area contributed by atoms with E-state index in [0.29, 0.717) is 37.4 Å². The van der Waals surface area contributed by atoms with Gasteiger partial charge >= 0.3 is 11.9 Å². The molecule has 7 heteroatoms. The topological polar surface area (TPSA) is 116 Å². The quantitative estimate of drug-likeness (QED) is 0.491. The van der Waals surface area contributed by atoms with E-state index < -0.39 is 11.9 Å². The molecule has 0 aromatic rings. The van der Waals surface area contributed by atoms with E-state index in [1.807, 2.05) is 0 Å². The van der Waals surface area contributed by atoms with Gasteiger partial charge in [0.25, 0.3) is 0 Å². The van der Waals surface area contributed by atoms with E-state index >= 15 is 0 Å². The molecule has 0 aromatic heterocycles. The lowest BCUT2D eigenvalue weighted by atomic mass is 9.98. The molecule has 1 aliphatic carbocycles. The molecule has 0 aliphatic heterocycles. The van der Waals surface area contributed by atoms with Crippen molar-refractivity contribution in [1.82, 2.24) is 5.32 Å². The van der Waals surface area contributed by atoms with Gasteiger partial charge in [-0.25, -0.2) is 9.59 Å². The Morgan fingerprint density at radius 2 is 1.52 bits per heavy atom. The average Bonchev–Trinajstić information content (AvgIpc) is 2.50. The molecule has 0 spiro atoms. The first-order valence-electron chi connectivity index (χ1n) is 8.98. The van der Waals surface area contributed by atoms with Crippen molar-refractivity contribution in [3.8, 4) is 0 Å². The maximum absolute atomic E-state index is 9.77. The molecule has 0 amide bonds. The fraction of sp³-hybridized carbons (Fsp3) is 0.778. The molecule has 1 unspecified atom stereocenters. The van der Waals surface area contributed by atoms with E-state index in [4.69, 9.17) is 14.9 Å². The number of aliphatic hydroxyl groups excluding tert-OH is 1. The monoisotopic (exact) mass is 359 g/mol. The van der Waals surface area contributed by atoms with Gasteiger partial charge in [-0.3, -0.25) is 0 Å². The molecular formula is C18H33NO6. The van der Waals surface area contributed by atoms with Gasteiger partial charge in [-0.2, -0.15) is 0 Å². The lowest BCUT2D eigenvalue weighted by molar-refractivity contribution is -0.134. The minimum absolute atomic E-state index is 0.372. The average molecular weight is 359 g/mol. The number of hydrogen-bond acceptors (Lipinski definition) is 5. The largest absolute Gasteiger partial charge is 0.478 e. The van der Waals surface area contributed by atoms with Gasteiger partial charge in [-0.1, -0.05) is 46.0 Å². The highest BCUT2D eigenvalue weighted by Crippen LogP contribution is 2.19. The lowest BCUT2D eigenvalue weighted by Gasteiger charge is -2.22.